The lowest BCUT2D eigenvalue weighted by atomic mass is 9.97. The molecular weight excluding hydrogens is 358 g/mol. The maximum atomic E-state index is 12.3. The fourth-order valence-electron chi connectivity index (χ4n) is 2.85. The summed E-state index contributed by atoms with van der Waals surface area (Å²) in [6.45, 7) is 9.38. The van der Waals surface area contributed by atoms with Crippen LogP contribution in [0.1, 0.15) is 47.0 Å². The third-order valence-electron chi connectivity index (χ3n) is 4.15. The van der Waals surface area contributed by atoms with Crippen molar-refractivity contribution in [1.29, 1.82) is 0 Å². The number of nitrogens with one attached hydrogen (secondary N) is 1. The summed E-state index contributed by atoms with van der Waals surface area (Å²) in [5.41, 5.74) is -0.558. The van der Waals surface area contributed by atoms with Crippen molar-refractivity contribution in [3.63, 3.8) is 0 Å². The van der Waals surface area contributed by atoms with E-state index in [9.17, 15) is 18.0 Å². The third kappa shape index (κ3) is 7.90. The van der Waals surface area contributed by atoms with Gasteiger partial charge in [0.15, 0.2) is 0 Å². The van der Waals surface area contributed by atoms with Gasteiger partial charge in [0.2, 0.25) is 15.9 Å². The van der Waals surface area contributed by atoms with Crippen LogP contribution in [0.15, 0.2) is 0 Å². The maximum Gasteiger partial charge on any atom is 0.410 e. The van der Waals surface area contributed by atoms with Crippen molar-refractivity contribution in [1.82, 2.24) is 14.5 Å². The molecule has 9 heteroatoms. The monoisotopic (exact) mass is 391 g/mol. The van der Waals surface area contributed by atoms with Crippen LogP contribution in [0, 0.1) is 5.92 Å². The molecule has 0 aliphatic carbocycles. The normalized spacial score (nSPS) is 18.7. The van der Waals surface area contributed by atoms with Crippen molar-refractivity contribution < 1.29 is 22.7 Å². The van der Waals surface area contributed by atoms with Crippen LogP contribution in [0.25, 0.3) is 0 Å². The standard InChI is InChI=1S/C17H33N3O5S/c1-6-20(26(5,23)24)12-8-10-18-15(21)14-9-7-11-19(13-14)16(22)25-17(2,3)4/h14H,6-13H2,1-5H3,(H,18,21). The lowest BCUT2D eigenvalue weighted by Crippen LogP contribution is -2.47. The minimum atomic E-state index is -3.21. The van der Waals surface area contributed by atoms with Gasteiger partial charge in [-0.25, -0.2) is 17.5 Å². The largest absolute Gasteiger partial charge is 0.444 e. The van der Waals surface area contributed by atoms with Crippen LogP contribution in [0.3, 0.4) is 0 Å². The Labute approximate surface area is 157 Å². The van der Waals surface area contributed by atoms with Gasteiger partial charge in [-0.15, -0.1) is 0 Å². The first-order chi connectivity index (χ1) is 11.9. The molecule has 152 valence electrons. The van der Waals surface area contributed by atoms with E-state index in [-0.39, 0.29) is 17.9 Å². The van der Waals surface area contributed by atoms with E-state index in [0.29, 0.717) is 39.1 Å². The number of piperidine rings is 1. The molecule has 1 aliphatic heterocycles. The molecule has 8 nitrogen and oxygen atoms in total. The average Bonchev–Trinajstić information content (AvgIpc) is 2.52. The van der Waals surface area contributed by atoms with E-state index in [2.05, 4.69) is 5.32 Å². The van der Waals surface area contributed by atoms with Crippen LogP contribution in [0.2, 0.25) is 0 Å². The molecule has 1 unspecified atom stereocenters. The van der Waals surface area contributed by atoms with Gasteiger partial charge in [-0.2, -0.15) is 0 Å². The molecule has 1 atom stereocenters. The van der Waals surface area contributed by atoms with Crippen molar-refractivity contribution in [3.05, 3.63) is 0 Å². The molecule has 0 aromatic rings. The van der Waals surface area contributed by atoms with Crippen LogP contribution in [-0.4, -0.2) is 74.2 Å². The van der Waals surface area contributed by atoms with E-state index in [1.807, 2.05) is 20.8 Å². The molecule has 0 aromatic carbocycles. The molecule has 1 heterocycles. The highest BCUT2D eigenvalue weighted by Gasteiger charge is 2.30. The van der Waals surface area contributed by atoms with E-state index in [1.165, 1.54) is 10.6 Å². The van der Waals surface area contributed by atoms with Gasteiger partial charge in [0.1, 0.15) is 5.60 Å². The highest BCUT2D eigenvalue weighted by Crippen LogP contribution is 2.19. The molecule has 1 fully saturated rings. The van der Waals surface area contributed by atoms with Gasteiger partial charge < -0.3 is 15.0 Å². The van der Waals surface area contributed by atoms with E-state index >= 15 is 0 Å². The number of hydrogen-bond acceptors (Lipinski definition) is 5. The Morgan fingerprint density at radius 2 is 1.96 bits per heavy atom. The number of carbonyl (C=O) groups is 2. The Kier molecular flexibility index (Phi) is 8.33. The van der Waals surface area contributed by atoms with Gasteiger partial charge in [0, 0.05) is 32.7 Å². The van der Waals surface area contributed by atoms with Crippen LogP contribution < -0.4 is 5.32 Å². The summed E-state index contributed by atoms with van der Waals surface area (Å²) in [5, 5.41) is 2.85. The number of likely N-dealkylation sites (tertiary alicyclic amines) is 1. The van der Waals surface area contributed by atoms with Crippen molar-refractivity contribution >= 4 is 22.0 Å². The molecule has 0 aromatic heterocycles. The second kappa shape index (κ2) is 9.55. The second-order valence-corrected chi connectivity index (χ2v) is 9.65. The summed E-state index contributed by atoms with van der Waals surface area (Å²) in [5.74, 6) is -0.353. The second-order valence-electron chi connectivity index (χ2n) is 7.66. The van der Waals surface area contributed by atoms with Crippen LogP contribution >= 0.6 is 0 Å². The number of amides is 2. The Balaban J connectivity index is 2.41. The summed E-state index contributed by atoms with van der Waals surface area (Å²) in [4.78, 5) is 26.1. The Hall–Kier alpha value is -1.35. The van der Waals surface area contributed by atoms with E-state index in [0.717, 1.165) is 12.8 Å². The smallest absolute Gasteiger partial charge is 0.410 e. The molecule has 26 heavy (non-hydrogen) atoms. The SMILES string of the molecule is CCN(CCCNC(=O)C1CCCN(C(=O)OC(C)(C)C)C1)S(C)(=O)=O. The van der Waals surface area contributed by atoms with Crippen molar-refractivity contribution in [3.8, 4) is 0 Å². The predicted molar refractivity (Wildman–Crippen MR) is 100 cm³/mol. The molecular formula is C17H33N3O5S. The first-order valence-electron chi connectivity index (χ1n) is 9.15. The fraction of sp³-hybridized carbons (Fsp3) is 0.882. The minimum Gasteiger partial charge on any atom is -0.444 e. The Morgan fingerprint density at radius 3 is 2.50 bits per heavy atom. The van der Waals surface area contributed by atoms with Gasteiger partial charge >= 0.3 is 6.09 Å². The zero-order chi connectivity index (χ0) is 20.0. The Bertz CT molecular complexity index is 586. The lowest BCUT2D eigenvalue weighted by molar-refractivity contribution is -0.126. The van der Waals surface area contributed by atoms with Crippen LogP contribution in [0.5, 0.6) is 0 Å². The highest BCUT2D eigenvalue weighted by atomic mass is 32.2. The van der Waals surface area contributed by atoms with Crippen molar-refractivity contribution in [2.75, 3.05) is 39.0 Å². The summed E-state index contributed by atoms with van der Waals surface area (Å²) >= 11 is 0. The topological polar surface area (TPSA) is 96.0 Å². The number of carbonyl (C=O) groups excluding carboxylic acids is 2. The molecule has 1 N–H and O–H groups in total. The van der Waals surface area contributed by atoms with Crippen molar-refractivity contribution in [2.24, 2.45) is 5.92 Å². The van der Waals surface area contributed by atoms with Crippen molar-refractivity contribution in [2.45, 2.75) is 52.6 Å². The predicted octanol–water partition coefficient (Wildman–Crippen LogP) is 1.42. The first kappa shape index (κ1) is 22.7. The van der Waals surface area contributed by atoms with Crippen LogP contribution in [-0.2, 0) is 19.6 Å². The highest BCUT2D eigenvalue weighted by molar-refractivity contribution is 7.88. The molecule has 1 aliphatic rings. The summed E-state index contributed by atoms with van der Waals surface area (Å²) in [6, 6.07) is 0. The minimum absolute atomic E-state index is 0.0966. The Morgan fingerprint density at radius 1 is 1.31 bits per heavy atom. The first-order valence-corrected chi connectivity index (χ1v) is 11.0. The van der Waals surface area contributed by atoms with Crippen LogP contribution in [0.4, 0.5) is 4.79 Å². The molecule has 0 spiro atoms. The zero-order valence-electron chi connectivity index (χ0n) is 16.6. The molecule has 0 radical (unpaired) electrons. The number of nitrogens with zero attached hydrogens (tertiary/aromatic N) is 2. The molecule has 0 bridgehead atoms. The number of sulfonamides is 1. The maximum absolute atomic E-state index is 12.3. The summed E-state index contributed by atoms with van der Waals surface area (Å²) in [7, 11) is -3.21. The van der Waals surface area contributed by atoms with E-state index < -0.39 is 15.6 Å². The van der Waals surface area contributed by atoms with Gasteiger partial charge in [-0.05, 0) is 40.0 Å². The molecule has 1 rings (SSSR count). The molecule has 0 saturated carbocycles. The third-order valence-corrected chi connectivity index (χ3v) is 5.53. The number of hydrogen-bond donors (Lipinski definition) is 1. The summed E-state index contributed by atoms with van der Waals surface area (Å²) < 4.78 is 29.8. The van der Waals surface area contributed by atoms with Gasteiger partial charge in [0.25, 0.3) is 0 Å². The summed E-state index contributed by atoms with van der Waals surface area (Å²) in [6.07, 6.45) is 2.84. The van der Waals surface area contributed by atoms with E-state index in [4.69, 9.17) is 4.74 Å². The average molecular weight is 392 g/mol. The number of ether oxygens (including phenoxy) is 1. The number of rotatable bonds is 7. The fourth-order valence-corrected chi connectivity index (χ4v) is 3.78. The van der Waals surface area contributed by atoms with E-state index in [1.54, 1.807) is 11.8 Å². The quantitative estimate of drug-likeness (QED) is 0.662. The zero-order valence-corrected chi connectivity index (χ0v) is 17.4. The molecule has 1 saturated heterocycles. The van der Waals surface area contributed by atoms with Gasteiger partial charge in [0.05, 0.1) is 12.2 Å². The molecule has 2 amide bonds. The lowest BCUT2D eigenvalue weighted by Gasteiger charge is -2.33. The van der Waals surface area contributed by atoms with Gasteiger partial charge in [-0.3, -0.25) is 4.79 Å². The van der Waals surface area contributed by atoms with Gasteiger partial charge in [-0.1, -0.05) is 6.92 Å².